The minimum Gasteiger partial charge on any atom is -0.342 e. The van der Waals surface area contributed by atoms with E-state index in [1.807, 2.05) is 0 Å². The molecule has 2 heteroatoms. The maximum absolute atomic E-state index is 4.72. The van der Waals surface area contributed by atoms with Crippen LogP contribution >= 0.6 is 0 Å². The van der Waals surface area contributed by atoms with Crippen molar-refractivity contribution in [3.63, 3.8) is 0 Å². The molecule has 0 amide bonds. The van der Waals surface area contributed by atoms with Crippen LogP contribution in [0, 0.1) is 13.8 Å². The second-order valence-electron chi connectivity index (χ2n) is 5.56. The Balaban J connectivity index is 2.75. The second kappa shape index (κ2) is 4.17. The van der Waals surface area contributed by atoms with Gasteiger partial charge in [-0.1, -0.05) is 33.8 Å². The molecular formula is C15H22N2. The lowest BCUT2D eigenvalue weighted by Gasteiger charge is -2.11. The highest BCUT2D eigenvalue weighted by molar-refractivity contribution is 5.83. The number of nitrogens with zero attached hydrogens (tertiary/aromatic N) is 1. The molecule has 0 aliphatic rings. The first-order valence-corrected chi connectivity index (χ1v) is 6.41. The van der Waals surface area contributed by atoms with Gasteiger partial charge in [0.1, 0.15) is 5.82 Å². The molecule has 2 aromatic rings. The van der Waals surface area contributed by atoms with Gasteiger partial charge in [0.2, 0.25) is 0 Å². The lowest BCUT2D eigenvalue weighted by Crippen LogP contribution is -1.95. The Bertz CT molecular complexity index is 548. The quantitative estimate of drug-likeness (QED) is 0.812. The molecule has 1 aromatic carbocycles. The van der Waals surface area contributed by atoms with Gasteiger partial charge in [-0.2, -0.15) is 0 Å². The largest absolute Gasteiger partial charge is 0.342 e. The average Bonchev–Trinajstić information content (AvgIpc) is 2.68. The van der Waals surface area contributed by atoms with Crippen LogP contribution in [0.1, 0.15) is 62.0 Å². The smallest absolute Gasteiger partial charge is 0.109 e. The van der Waals surface area contributed by atoms with E-state index in [-0.39, 0.29) is 0 Å². The minimum absolute atomic E-state index is 0.448. The number of aromatic amines is 1. The molecule has 2 nitrogen and oxygen atoms in total. The number of hydrogen-bond acceptors (Lipinski definition) is 1. The van der Waals surface area contributed by atoms with Crippen LogP contribution < -0.4 is 0 Å². The molecule has 0 unspecified atom stereocenters. The van der Waals surface area contributed by atoms with Crippen LogP contribution in [0.25, 0.3) is 11.0 Å². The third-order valence-corrected chi connectivity index (χ3v) is 3.44. The lowest BCUT2D eigenvalue weighted by molar-refractivity contribution is 0.798. The highest BCUT2D eigenvalue weighted by Gasteiger charge is 2.14. The fourth-order valence-corrected chi connectivity index (χ4v) is 2.38. The number of nitrogens with one attached hydrogen (secondary N) is 1. The summed E-state index contributed by atoms with van der Waals surface area (Å²) in [5.74, 6) is 2.10. The molecular weight excluding hydrogens is 208 g/mol. The molecule has 0 aliphatic heterocycles. The molecule has 1 N–H and O–H groups in total. The number of H-pyrrole nitrogens is 1. The second-order valence-corrected chi connectivity index (χ2v) is 5.56. The molecule has 0 aliphatic carbocycles. The maximum Gasteiger partial charge on any atom is 0.109 e. The van der Waals surface area contributed by atoms with Gasteiger partial charge < -0.3 is 4.98 Å². The molecule has 0 radical (unpaired) electrons. The van der Waals surface area contributed by atoms with Crippen LogP contribution in [-0.4, -0.2) is 9.97 Å². The van der Waals surface area contributed by atoms with E-state index < -0.39 is 0 Å². The Morgan fingerprint density at radius 2 is 1.71 bits per heavy atom. The Morgan fingerprint density at radius 1 is 1.06 bits per heavy atom. The van der Waals surface area contributed by atoms with E-state index in [0.29, 0.717) is 11.8 Å². The van der Waals surface area contributed by atoms with Gasteiger partial charge in [-0.15, -0.1) is 0 Å². The summed E-state index contributed by atoms with van der Waals surface area (Å²) in [4.78, 5) is 8.21. The summed E-state index contributed by atoms with van der Waals surface area (Å²) in [5, 5.41) is 0. The normalized spacial score (nSPS) is 12.0. The predicted octanol–water partition coefficient (Wildman–Crippen LogP) is 4.43. The third kappa shape index (κ3) is 1.97. The zero-order valence-corrected chi connectivity index (χ0v) is 11.7. The van der Waals surface area contributed by atoms with Crippen LogP contribution in [0.15, 0.2) is 6.07 Å². The van der Waals surface area contributed by atoms with Gasteiger partial charge in [0.05, 0.1) is 11.0 Å². The zero-order chi connectivity index (χ0) is 12.7. The topological polar surface area (TPSA) is 28.7 Å². The molecule has 0 bridgehead atoms. The summed E-state index contributed by atoms with van der Waals surface area (Å²) < 4.78 is 0. The number of benzene rings is 1. The van der Waals surface area contributed by atoms with Crippen molar-refractivity contribution in [2.24, 2.45) is 0 Å². The summed E-state index contributed by atoms with van der Waals surface area (Å²) >= 11 is 0. The van der Waals surface area contributed by atoms with E-state index in [1.54, 1.807) is 0 Å². The first-order valence-electron chi connectivity index (χ1n) is 6.41. The van der Waals surface area contributed by atoms with E-state index in [9.17, 15) is 0 Å². The Labute approximate surface area is 103 Å². The molecule has 1 heterocycles. The predicted molar refractivity (Wildman–Crippen MR) is 73.7 cm³/mol. The Hall–Kier alpha value is -1.31. The molecule has 0 saturated heterocycles. The highest BCUT2D eigenvalue weighted by Crippen LogP contribution is 2.29. The first-order chi connectivity index (χ1) is 7.91. The Kier molecular flexibility index (Phi) is 2.98. The number of fused-ring (bicyclic) bond motifs is 1. The monoisotopic (exact) mass is 230 g/mol. The van der Waals surface area contributed by atoms with Crippen molar-refractivity contribution in [1.82, 2.24) is 9.97 Å². The van der Waals surface area contributed by atoms with E-state index >= 15 is 0 Å². The van der Waals surface area contributed by atoms with Gasteiger partial charge in [0.15, 0.2) is 0 Å². The number of aryl methyl sites for hydroxylation is 2. The Morgan fingerprint density at radius 3 is 2.24 bits per heavy atom. The summed E-state index contributed by atoms with van der Waals surface area (Å²) in [5.41, 5.74) is 6.40. The van der Waals surface area contributed by atoms with E-state index in [1.165, 1.54) is 22.2 Å². The SMILES string of the molecule is Cc1cc(C(C)C)c(C)c2[nH]c(C(C)C)nc12. The zero-order valence-electron chi connectivity index (χ0n) is 11.7. The molecule has 2 rings (SSSR count). The van der Waals surface area contributed by atoms with Gasteiger partial charge in [-0.25, -0.2) is 4.98 Å². The van der Waals surface area contributed by atoms with Gasteiger partial charge >= 0.3 is 0 Å². The van der Waals surface area contributed by atoms with Crippen molar-refractivity contribution in [3.05, 3.63) is 28.6 Å². The molecule has 92 valence electrons. The van der Waals surface area contributed by atoms with Crippen molar-refractivity contribution >= 4 is 11.0 Å². The summed E-state index contributed by atoms with van der Waals surface area (Å²) in [7, 11) is 0. The van der Waals surface area contributed by atoms with Crippen LogP contribution in [0.4, 0.5) is 0 Å². The number of aromatic nitrogens is 2. The summed E-state index contributed by atoms with van der Waals surface area (Å²) in [6, 6.07) is 2.28. The molecule has 1 aromatic heterocycles. The fraction of sp³-hybridized carbons (Fsp3) is 0.533. The molecule has 0 atom stereocenters. The molecule has 17 heavy (non-hydrogen) atoms. The van der Waals surface area contributed by atoms with Crippen LogP contribution in [0.2, 0.25) is 0 Å². The van der Waals surface area contributed by atoms with Crippen molar-refractivity contribution < 1.29 is 0 Å². The molecule has 0 fully saturated rings. The number of rotatable bonds is 2. The minimum atomic E-state index is 0.448. The van der Waals surface area contributed by atoms with E-state index in [4.69, 9.17) is 4.98 Å². The summed E-state index contributed by atoms with van der Waals surface area (Å²) in [6.45, 7) is 13.2. The fourth-order valence-electron chi connectivity index (χ4n) is 2.38. The van der Waals surface area contributed by atoms with Crippen LogP contribution in [0.5, 0.6) is 0 Å². The first kappa shape index (κ1) is 12.2. The number of hydrogen-bond donors (Lipinski definition) is 1. The van der Waals surface area contributed by atoms with Gasteiger partial charge in [-0.05, 0) is 36.5 Å². The van der Waals surface area contributed by atoms with Crippen LogP contribution in [-0.2, 0) is 0 Å². The van der Waals surface area contributed by atoms with E-state index in [0.717, 1.165) is 11.3 Å². The maximum atomic E-state index is 4.72. The highest BCUT2D eigenvalue weighted by atomic mass is 14.9. The van der Waals surface area contributed by atoms with Crippen molar-refractivity contribution in [2.75, 3.05) is 0 Å². The number of imidazole rings is 1. The molecule has 0 saturated carbocycles. The van der Waals surface area contributed by atoms with Gasteiger partial charge in [0.25, 0.3) is 0 Å². The molecule has 0 spiro atoms. The van der Waals surface area contributed by atoms with E-state index in [2.05, 4.69) is 52.6 Å². The van der Waals surface area contributed by atoms with Crippen molar-refractivity contribution in [2.45, 2.75) is 53.4 Å². The van der Waals surface area contributed by atoms with Gasteiger partial charge in [-0.3, -0.25) is 0 Å². The van der Waals surface area contributed by atoms with Gasteiger partial charge in [0, 0.05) is 5.92 Å². The third-order valence-electron chi connectivity index (χ3n) is 3.44. The standard InChI is InChI=1S/C15H22N2/c1-8(2)12-7-10(5)13-14(11(12)6)17-15(16-13)9(3)4/h7-9H,1-6H3,(H,16,17). The van der Waals surface area contributed by atoms with Crippen LogP contribution in [0.3, 0.4) is 0 Å². The lowest BCUT2D eigenvalue weighted by atomic mass is 9.95. The summed E-state index contributed by atoms with van der Waals surface area (Å²) in [6.07, 6.45) is 0. The van der Waals surface area contributed by atoms with Crippen molar-refractivity contribution in [1.29, 1.82) is 0 Å². The van der Waals surface area contributed by atoms with Crippen molar-refractivity contribution in [3.8, 4) is 0 Å². The average molecular weight is 230 g/mol.